The summed E-state index contributed by atoms with van der Waals surface area (Å²) in [7, 11) is 0. The summed E-state index contributed by atoms with van der Waals surface area (Å²) in [6, 6.07) is 0.582. The van der Waals surface area contributed by atoms with Gasteiger partial charge in [-0.3, -0.25) is 4.79 Å². The standard InChI is InChI=1S/C14H23N3O2/c1-3-8-17(12-6-4-11(15)5-7-12)14(18)13-10(2)16-9-19-13/h9,11-12H,3-8,15H2,1-2H3. The highest BCUT2D eigenvalue weighted by molar-refractivity contribution is 5.92. The van der Waals surface area contributed by atoms with E-state index in [0.717, 1.165) is 38.6 Å². The molecule has 1 amide bonds. The number of carbonyl (C=O) groups excluding carboxylic acids is 1. The molecule has 1 fully saturated rings. The molecule has 0 aliphatic heterocycles. The predicted molar refractivity (Wildman–Crippen MR) is 72.8 cm³/mol. The van der Waals surface area contributed by atoms with Crippen LogP contribution in [0.5, 0.6) is 0 Å². The third kappa shape index (κ3) is 3.15. The number of carbonyl (C=O) groups is 1. The second kappa shape index (κ2) is 6.19. The van der Waals surface area contributed by atoms with Gasteiger partial charge in [0.1, 0.15) is 0 Å². The van der Waals surface area contributed by atoms with Crippen LogP contribution in [0.25, 0.3) is 0 Å². The number of nitrogens with two attached hydrogens (primary N) is 1. The summed E-state index contributed by atoms with van der Waals surface area (Å²) in [6.45, 7) is 4.65. The molecule has 2 rings (SSSR count). The monoisotopic (exact) mass is 265 g/mol. The highest BCUT2D eigenvalue weighted by Crippen LogP contribution is 2.24. The van der Waals surface area contributed by atoms with Gasteiger partial charge >= 0.3 is 0 Å². The Bertz CT molecular complexity index is 422. The average molecular weight is 265 g/mol. The largest absolute Gasteiger partial charge is 0.438 e. The van der Waals surface area contributed by atoms with Gasteiger partial charge in [-0.1, -0.05) is 6.92 Å². The van der Waals surface area contributed by atoms with Gasteiger partial charge < -0.3 is 15.1 Å². The van der Waals surface area contributed by atoms with Crippen molar-refractivity contribution in [3.05, 3.63) is 17.8 Å². The maximum atomic E-state index is 12.6. The Kier molecular flexibility index (Phi) is 4.58. The van der Waals surface area contributed by atoms with Crippen LogP contribution in [0.4, 0.5) is 0 Å². The maximum absolute atomic E-state index is 12.6. The zero-order chi connectivity index (χ0) is 13.8. The van der Waals surface area contributed by atoms with Crippen LogP contribution >= 0.6 is 0 Å². The molecule has 1 saturated carbocycles. The van der Waals surface area contributed by atoms with E-state index in [1.807, 2.05) is 4.90 Å². The molecule has 106 valence electrons. The Labute approximate surface area is 114 Å². The van der Waals surface area contributed by atoms with Crippen molar-refractivity contribution >= 4 is 5.91 Å². The number of aromatic nitrogens is 1. The normalized spacial score (nSPS) is 23.3. The van der Waals surface area contributed by atoms with Gasteiger partial charge in [-0.25, -0.2) is 4.98 Å². The van der Waals surface area contributed by atoms with Crippen LogP contribution in [0.2, 0.25) is 0 Å². The first-order chi connectivity index (χ1) is 9.13. The van der Waals surface area contributed by atoms with Crippen LogP contribution in [0, 0.1) is 6.92 Å². The van der Waals surface area contributed by atoms with E-state index in [0.29, 0.717) is 17.5 Å². The van der Waals surface area contributed by atoms with Gasteiger partial charge in [-0.15, -0.1) is 0 Å². The third-order valence-corrected chi connectivity index (χ3v) is 3.85. The first kappa shape index (κ1) is 14.1. The molecule has 1 aromatic heterocycles. The molecular formula is C14H23N3O2. The summed E-state index contributed by atoms with van der Waals surface area (Å²) in [4.78, 5) is 18.5. The fraction of sp³-hybridized carbons (Fsp3) is 0.714. The summed E-state index contributed by atoms with van der Waals surface area (Å²) in [5.74, 6) is 0.348. The zero-order valence-electron chi connectivity index (χ0n) is 11.8. The molecule has 0 bridgehead atoms. The van der Waals surface area contributed by atoms with Crippen molar-refractivity contribution < 1.29 is 9.21 Å². The second-order valence-corrected chi connectivity index (χ2v) is 5.33. The topological polar surface area (TPSA) is 72.4 Å². The first-order valence-corrected chi connectivity index (χ1v) is 7.10. The third-order valence-electron chi connectivity index (χ3n) is 3.85. The van der Waals surface area contributed by atoms with Crippen molar-refractivity contribution in [1.29, 1.82) is 0 Å². The van der Waals surface area contributed by atoms with E-state index in [1.54, 1.807) is 6.92 Å². The molecule has 0 radical (unpaired) electrons. The molecule has 1 aliphatic rings. The number of rotatable bonds is 4. The molecule has 5 nitrogen and oxygen atoms in total. The molecule has 0 spiro atoms. The summed E-state index contributed by atoms with van der Waals surface area (Å²) in [5.41, 5.74) is 6.60. The minimum atomic E-state index is -0.0303. The zero-order valence-corrected chi connectivity index (χ0v) is 11.8. The highest BCUT2D eigenvalue weighted by Gasteiger charge is 2.30. The van der Waals surface area contributed by atoms with Crippen LogP contribution in [-0.2, 0) is 0 Å². The van der Waals surface area contributed by atoms with Crippen LogP contribution in [-0.4, -0.2) is 34.4 Å². The Morgan fingerprint density at radius 2 is 2.16 bits per heavy atom. The molecule has 19 heavy (non-hydrogen) atoms. The number of aryl methyl sites for hydroxylation is 1. The molecule has 0 atom stereocenters. The maximum Gasteiger partial charge on any atom is 0.291 e. The molecular weight excluding hydrogens is 242 g/mol. The van der Waals surface area contributed by atoms with Crippen LogP contribution < -0.4 is 5.73 Å². The number of hydrogen-bond donors (Lipinski definition) is 1. The minimum Gasteiger partial charge on any atom is -0.438 e. The lowest BCUT2D eigenvalue weighted by atomic mass is 9.90. The van der Waals surface area contributed by atoms with E-state index in [9.17, 15) is 4.79 Å². The smallest absolute Gasteiger partial charge is 0.291 e. The van der Waals surface area contributed by atoms with Gasteiger partial charge in [-0.05, 0) is 39.0 Å². The average Bonchev–Trinajstić information content (AvgIpc) is 2.83. The second-order valence-electron chi connectivity index (χ2n) is 5.33. The first-order valence-electron chi connectivity index (χ1n) is 7.10. The van der Waals surface area contributed by atoms with E-state index in [2.05, 4.69) is 11.9 Å². The lowest BCUT2D eigenvalue weighted by Gasteiger charge is -2.35. The minimum absolute atomic E-state index is 0.0303. The predicted octanol–water partition coefficient (Wildman–Crippen LogP) is 2.11. The molecule has 0 saturated heterocycles. The van der Waals surface area contributed by atoms with Gasteiger partial charge in [0, 0.05) is 18.6 Å². The summed E-state index contributed by atoms with van der Waals surface area (Å²) >= 11 is 0. The van der Waals surface area contributed by atoms with E-state index in [4.69, 9.17) is 10.2 Å². The Hall–Kier alpha value is -1.36. The van der Waals surface area contributed by atoms with E-state index in [1.165, 1.54) is 6.39 Å². The Balaban J connectivity index is 2.11. The number of amides is 1. The lowest BCUT2D eigenvalue weighted by Crippen LogP contribution is -2.44. The summed E-state index contributed by atoms with van der Waals surface area (Å²) < 4.78 is 5.24. The van der Waals surface area contributed by atoms with Gasteiger partial charge in [0.2, 0.25) is 5.76 Å². The van der Waals surface area contributed by atoms with Gasteiger partial charge in [0.15, 0.2) is 6.39 Å². The van der Waals surface area contributed by atoms with Crippen molar-refractivity contribution in [3.8, 4) is 0 Å². The summed E-state index contributed by atoms with van der Waals surface area (Å²) in [5, 5.41) is 0. The van der Waals surface area contributed by atoms with Crippen molar-refractivity contribution in [1.82, 2.24) is 9.88 Å². The molecule has 0 unspecified atom stereocenters. The van der Waals surface area contributed by atoms with E-state index < -0.39 is 0 Å². The van der Waals surface area contributed by atoms with Gasteiger partial charge in [0.05, 0.1) is 5.69 Å². The Morgan fingerprint density at radius 1 is 1.47 bits per heavy atom. The lowest BCUT2D eigenvalue weighted by molar-refractivity contribution is 0.0593. The fourth-order valence-corrected chi connectivity index (χ4v) is 2.74. The van der Waals surface area contributed by atoms with E-state index in [-0.39, 0.29) is 11.9 Å². The van der Waals surface area contributed by atoms with Crippen LogP contribution in [0.3, 0.4) is 0 Å². The quantitative estimate of drug-likeness (QED) is 0.905. The molecule has 1 aliphatic carbocycles. The highest BCUT2D eigenvalue weighted by atomic mass is 16.3. The molecule has 0 aromatic carbocycles. The summed E-state index contributed by atoms with van der Waals surface area (Å²) in [6.07, 6.45) is 6.24. The van der Waals surface area contributed by atoms with Gasteiger partial charge in [0.25, 0.3) is 5.91 Å². The van der Waals surface area contributed by atoms with Gasteiger partial charge in [-0.2, -0.15) is 0 Å². The molecule has 5 heteroatoms. The van der Waals surface area contributed by atoms with Crippen molar-refractivity contribution in [3.63, 3.8) is 0 Å². The van der Waals surface area contributed by atoms with Crippen molar-refractivity contribution in [2.75, 3.05) is 6.54 Å². The fourth-order valence-electron chi connectivity index (χ4n) is 2.74. The van der Waals surface area contributed by atoms with E-state index >= 15 is 0 Å². The Morgan fingerprint density at radius 3 is 2.68 bits per heavy atom. The van der Waals surface area contributed by atoms with Crippen LogP contribution in [0.15, 0.2) is 10.8 Å². The number of nitrogens with zero attached hydrogens (tertiary/aromatic N) is 2. The number of hydrogen-bond acceptors (Lipinski definition) is 4. The molecule has 1 aromatic rings. The van der Waals surface area contributed by atoms with Crippen LogP contribution in [0.1, 0.15) is 55.3 Å². The molecule has 2 N–H and O–H groups in total. The molecule has 1 heterocycles. The van der Waals surface area contributed by atoms with Crippen molar-refractivity contribution in [2.24, 2.45) is 5.73 Å². The van der Waals surface area contributed by atoms with Crippen molar-refractivity contribution in [2.45, 2.75) is 58.0 Å². The number of oxazole rings is 1. The SMILES string of the molecule is CCCN(C(=O)c1ocnc1C)C1CCC(N)CC1.